The highest BCUT2D eigenvalue weighted by Crippen LogP contribution is 2.36. The SMILES string of the molecule is O=C(N/N=C\c1cc2c(cc1Cl)OCO2)c1ccccc1Cl. The van der Waals surface area contributed by atoms with Crippen molar-refractivity contribution in [1.82, 2.24) is 5.43 Å². The van der Waals surface area contributed by atoms with Crippen LogP contribution in [0.25, 0.3) is 0 Å². The van der Waals surface area contributed by atoms with Gasteiger partial charge in [0.25, 0.3) is 5.91 Å². The Morgan fingerprint density at radius 1 is 1.14 bits per heavy atom. The highest BCUT2D eigenvalue weighted by atomic mass is 35.5. The van der Waals surface area contributed by atoms with Crippen LogP contribution < -0.4 is 14.9 Å². The van der Waals surface area contributed by atoms with E-state index >= 15 is 0 Å². The predicted octanol–water partition coefficient (Wildman–Crippen LogP) is 3.49. The first-order valence-corrected chi connectivity index (χ1v) is 7.08. The van der Waals surface area contributed by atoms with Crippen molar-refractivity contribution < 1.29 is 14.3 Å². The highest BCUT2D eigenvalue weighted by molar-refractivity contribution is 6.34. The lowest BCUT2D eigenvalue weighted by Gasteiger charge is -2.03. The van der Waals surface area contributed by atoms with Gasteiger partial charge in [0.05, 0.1) is 21.8 Å². The largest absolute Gasteiger partial charge is 0.454 e. The summed E-state index contributed by atoms with van der Waals surface area (Å²) in [6.07, 6.45) is 1.43. The van der Waals surface area contributed by atoms with Crippen LogP contribution in [0.2, 0.25) is 10.0 Å². The van der Waals surface area contributed by atoms with Gasteiger partial charge in [0.15, 0.2) is 11.5 Å². The van der Waals surface area contributed by atoms with Gasteiger partial charge in [0.1, 0.15) is 0 Å². The molecular formula is C15H10Cl2N2O3. The fraction of sp³-hybridized carbons (Fsp3) is 0.0667. The van der Waals surface area contributed by atoms with Crippen LogP contribution in [0.3, 0.4) is 0 Å². The summed E-state index contributed by atoms with van der Waals surface area (Å²) in [6, 6.07) is 10.0. The average Bonchev–Trinajstić information content (AvgIpc) is 2.94. The second kappa shape index (κ2) is 6.25. The Morgan fingerprint density at radius 2 is 1.86 bits per heavy atom. The van der Waals surface area contributed by atoms with Crippen LogP contribution in [0.5, 0.6) is 11.5 Å². The Balaban J connectivity index is 1.73. The third kappa shape index (κ3) is 3.00. The molecule has 0 fully saturated rings. The molecule has 1 N–H and O–H groups in total. The summed E-state index contributed by atoms with van der Waals surface area (Å²) in [5, 5.41) is 4.68. The quantitative estimate of drug-likeness (QED) is 0.689. The van der Waals surface area contributed by atoms with E-state index in [0.717, 1.165) is 0 Å². The van der Waals surface area contributed by atoms with Gasteiger partial charge in [-0.3, -0.25) is 4.79 Å². The Hall–Kier alpha value is -2.24. The van der Waals surface area contributed by atoms with Gasteiger partial charge in [-0.15, -0.1) is 0 Å². The normalized spacial score (nSPS) is 12.6. The molecule has 22 heavy (non-hydrogen) atoms. The molecule has 1 aliphatic rings. The molecule has 0 atom stereocenters. The number of hydrazone groups is 1. The number of amides is 1. The summed E-state index contributed by atoms with van der Waals surface area (Å²) in [7, 11) is 0. The Labute approximate surface area is 136 Å². The zero-order valence-corrected chi connectivity index (χ0v) is 12.7. The molecule has 0 saturated carbocycles. The van der Waals surface area contributed by atoms with E-state index in [0.29, 0.717) is 32.7 Å². The zero-order valence-electron chi connectivity index (χ0n) is 11.2. The molecule has 2 aromatic carbocycles. The average molecular weight is 337 g/mol. The van der Waals surface area contributed by atoms with Crippen molar-refractivity contribution in [1.29, 1.82) is 0 Å². The zero-order chi connectivity index (χ0) is 15.5. The lowest BCUT2D eigenvalue weighted by molar-refractivity contribution is 0.0955. The Kier molecular flexibility index (Phi) is 4.18. The third-order valence-electron chi connectivity index (χ3n) is 2.98. The minimum atomic E-state index is -0.404. The minimum Gasteiger partial charge on any atom is -0.454 e. The number of benzene rings is 2. The summed E-state index contributed by atoms with van der Waals surface area (Å²) in [6.45, 7) is 0.162. The smallest absolute Gasteiger partial charge is 0.272 e. The molecule has 1 heterocycles. The molecule has 7 heteroatoms. The fourth-order valence-corrected chi connectivity index (χ4v) is 2.32. The number of hydrogen-bond acceptors (Lipinski definition) is 4. The maximum absolute atomic E-state index is 11.9. The second-order valence-electron chi connectivity index (χ2n) is 4.41. The van der Waals surface area contributed by atoms with Crippen LogP contribution in [0.4, 0.5) is 0 Å². The van der Waals surface area contributed by atoms with Crippen molar-refractivity contribution in [2.45, 2.75) is 0 Å². The monoisotopic (exact) mass is 336 g/mol. The van der Waals surface area contributed by atoms with Gasteiger partial charge in [0, 0.05) is 11.6 Å². The molecule has 2 aromatic rings. The Morgan fingerprint density at radius 3 is 2.64 bits per heavy atom. The van der Waals surface area contributed by atoms with E-state index in [2.05, 4.69) is 10.5 Å². The standard InChI is InChI=1S/C15H10Cl2N2O3/c16-11-4-2-1-3-10(11)15(20)19-18-7-9-5-13-14(6-12(9)17)22-8-21-13/h1-7H,8H2,(H,19,20)/b18-7-. The van der Waals surface area contributed by atoms with E-state index in [1.807, 2.05) is 0 Å². The van der Waals surface area contributed by atoms with E-state index in [-0.39, 0.29) is 6.79 Å². The van der Waals surface area contributed by atoms with Crippen molar-refractivity contribution in [2.75, 3.05) is 6.79 Å². The van der Waals surface area contributed by atoms with Crippen LogP contribution in [0.1, 0.15) is 15.9 Å². The number of carbonyl (C=O) groups is 1. The number of fused-ring (bicyclic) bond motifs is 1. The number of hydrogen-bond donors (Lipinski definition) is 1. The molecule has 1 aliphatic heterocycles. The Bertz CT molecular complexity index is 762. The van der Waals surface area contributed by atoms with E-state index in [9.17, 15) is 4.79 Å². The number of ether oxygens (including phenoxy) is 2. The van der Waals surface area contributed by atoms with Crippen molar-refractivity contribution in [3.05, 3.63) is 57.6 Å². The van der Waals surface area contributed by atoms with Crippen LogP contribution in [-0.2, 0) is 0 Å². The van der Waals surface area contributed by atoms with E-state index in [1.54, 1.807) is 36.4 Å². The van der Waals surface area contributed by atoms with Crippen LogP contribution in [0, 0.1) is 0 Å². The molecule has 112 valence electrons. The maximum atomic E-state index is 11.9. The first-order valence-electron chi connectivity index (χ1n) is 6.32. The molecule has 3 rings (SSSR count). The molecular weight excluding hydrogens is 327 g/mol. The summed E-state index contributed by atoms with van der Waals surface area (Å²) < 4.78 is 10.5. The van der Waals surface area contributed by atoms with Crippen LogP contribution in [0.15, 0.2) is 41.5 Å². The van der Waals surface area contributed by atoms with Crippen molar-refractivity contribution in [3.63, 3.8) is 0 Å². The molecule has 0 aliphatic carbocycles. The number of carbonyl (C=O) groups excluding carboxylic acids is 1. The van der Waals surface area contributed by atoms with Crippen molar-refractivity contribution in [3.8, 4) is 11.5 Å². The van der Waals surface area contributed by atoms with Crippen molar-refractivity contribution in [2.24, 2.45) is 5.10 Å². The first-order chi connectivity index (χ1) is 10.6. The van der Waals surface area contributed by atoms with Gasteiger partial charge >= 0.3 is 0 Å². The summed E-state index contributed by atoms with van der Waals surface area (Å²) >= 11 is 12.0. The fourth-order valence-electron chi connectivity index (χ4n) is 1.90. The molecule has 1 amide bonds. The highest BCUT2D eigenvalue weighted by Gasteiger charge is 2.15. The molecule has 0 bridgehead atoms. The van der Waals surface area contributed by atoms with E-state index < -0.39 is 5.91 Å². The van der Waals surface area contributed by atoms with Gasteiger partial charge in [-0.1, -0.05) is 35.3 Å². The van der Waals surface area contributed by atoms with Crippen molar-refractivity contribution >= 4 is 35.3 Å². The van der Waals surface area contributed by atoms with Crippen LogP contribution >= 0.6 is 23.2 Å². The van der Waals surface area contributed by atoms with Gasteiger partial charge in [0.2, 0.25) is 6.79 Å². The maximum Gasteiger partial charge on any atom is 0.272 e. The van der Waals surface area contributed by atoms with E-state index in [1.165, 1.54) is 6.21 Å². The summed E-state index contributed by atoms with van der Waals surface area (Å²) in [5.74, 6) is 0.768. The van der Waals surface area contributed by atoms with Crippen LogP contribution in [-0.4, -0.2) is 18.9 Å². The summed E-state index contributed by atoms with van der Waals surface area (Å²) in [5.41, 5.74) is 3.35. The summed E-state index contributed by atoms with van der Waals surface area (Å²) in [4.78, 5) is 11.9. The number of halogens is 2. The lowest BCUT2D eigenvalue weighted by Crippen LogP contribution is -2.17. The molecule has 0 aromatic heterocycles. The van der Waals surface area contributed by atoms with Gasteiger partial charge < -0.3 is 9.47 Å². The number of nitrogens with one attached hydrogen (secondary N) is 1. The molecule has 0 saturated heterocycles. The predicted molar refractivity (Wildman–Crippen MR) is 84.1 cm³/mol. The number of nitrogens with zero attached hydrogens (tertiary/aromatic N) is 1. The van der Waals surface area contributed by atoms with Gasteiger partial charge in [-0.2, -0.15) is 5.10 Å². The number of rotatable bonds is 3. The molecule has 5 nitrogen and oxygen atoms in total. The van der Waals surface area contributed by atoms with Gasteiger partial charge in [-0.05, 0) is 18.2 Å². The third-order valence-corrected chi connectivity index (χ3v) is 3.64. The topological polar surface area (TPSA) is 59.9 Å². The van der Waals surface area contributed by atoms with E-state index in [4.69, 9.17) is 32.7 Å². The van der Waals surface area contributed by atoms with Gasteiger partial charge in [-0.25, -0.2) is 5.43 Å². The molecule has 0 unspecified atom stereocenters. The lowest BCUT2D eigenvalue weighted by atomic mass is 10.2. The molecule has 0 spiro atoms. The first kappa shape index (κ1) is 14.7. The second-order valence-corrected chi connectivity index (χ2v) is 5.22. The molecule has 0 radical (unpaired) electrons. The minimum absolute atomic E-state index is 0.162.